The van der Waals surface area contributed by atoms with Crippen molar-refractivity contribution in [3.8, 4) is 5.75 Å². The maximum absolute atomic E-state index is 11.7. The van der Waals surface area contributed by atoms with Gasteiger partial charge >= 0.3 is 0 Å². The molecular weight excluding hydrogens is 378 g/mol. The zero-order valence-corrected chi connectivity index (χ0v) is 16.3. The first-order valence-corrected chi connectivity index (χ1v) is 9.11. The number of carbonyl (C=O) groups excluding carboxylic acids is 2. The number of aromatic amines is 1. The van der Waals surface area contributed by atoms with Crippen LogP contribution in [0.15, 0.2) is 23.4 Å². The first-order valence-electron chi connectivity index (χ1n) is 7.75. The summed E-state index contributed by atoms with van der Waals surface area (Å²) >= 11 is 7.15. The van der Waals surface area contributed by atoms with Gasteiger partial charge in [-0.15, -0.1) is 5.10 Å². The summed E-state index contributed by atoms with van der Waals surface area (Å²) < 4.78 is 5.63. The predicted octanol–water partition coefficient (Wildman–Crippen LogP) is 1.64. The number of halogens is 1. The number of hydrogen-bond donors (Lipinski definition) is 2. The van der Waals surface area contributed by atoms with Crippen molar-refractivity contribution in [2.75, 3.05) is 26.4 Å². The molecule has 0 aliphatic rings. The number of amides is 2. The van der Waals surface area contributed by atoms with Gasteiger partial charge in [-0.3, -0.25) is 14.7 Å². The van der Waals surface area contributed by atoms with Crippen LogP contribution in [0.2, 0.25) is 5.02 Å². The largest absolute Gasteiger partial charge is 0.486 e. The zero-order valence-electron chi connectivity index (χ0n) is 14.7. The van der Waals surface area contributed by atoms with Gasteiger partial charge in [-0.05, 0) is 30.7 Å². The van der Waals surface area contributed by atoms with Crippen molar-refractivity contribution in [3.05, 3.63) is 34.6 Å². The normalized spacial score (nSPS) is 10.5. The minimum Gasteiger partial charge on any atom is -0.486 e. The van der Waals surface area contributed by atoms with Gasteiger partial charge < -0.3 is 15.0 Å². The fourth-order valence-corrected chi connectivity index (χ4v) is 2.54. The minimum absolute atomic E-state index is 0.0278. The topological polar surface area (TPSA) is 100 Å². The van der Waals surface area contributed by atoms with Crippen LogP contribution in [0, 0.1) is 6.92 Å². The predicted molar refractivity (Wildman–Crippen MR) is 99.3 cm³/mol. The molecule has 1 aromatic carbocycles. The Labute approximate surface area is 160 Å². The maximum atomic E-state index is 11.7. The van der Waals surface area contributed by atoms with Crippen LogP contribution in [0.4, 0.5) is 0 Å². The van der Waals surface area contributed by atoms with E-state index in [9.17, 15) is 9.59 Å². The molecule has 2 aromatic rings. The average Bonchev–Trinajstić information content (AvgIpc) is 3.06. The van der Waals surface area contributed by atoms with Gasteiger partial charge in [0.05, 0.1) is 12.3 Å². The van der Waals surface area contributed by atoms with Crippen LogP contribution in [-0.2, 0) is 16.2 Å². The first-order chi connectivity index (χ1) is 12.3. The number of rotatable bonds is 8. The summed E-state index contributed by atoms with van der Waals surface area (Å²) in [6, 6.07) is 5.39. The number of ether oxygens (including phenoxy) is 1. The van der Waals surface area contributed by atoms with Crippen LogP contribution in [0.1, 0.15) is 11.4 Å². The zero-order chi connectivity index (χ0) is 19.1. The molecule has 0 saturated carbocycles. The Morgan fingerprint density at radius 2 is 2.15 bits per heavy atom. The summed E-state index contributed by atoms with van der Waals surface area (Å²) in [7, 11) is 3.26. The molecule has 0 unspecified atom stereocenters. The maximum Gasteiger partial charge on any atom is 0.241 e. The van der Waals surface area contributed by atoms with Gasteiger partial charge in [0.1, 0.15) is 12.4 Å². The van der Waals surface area contributed by atoms with Crippen molar-refractivity contribution in [3.63, 3.8) is 0 Å². The Morgan fingerprint density at radius 1 is 1.38 bits per heavy atom. The van der Waals surface area contributed by atoms with Gasteiger partial charge in [-0.25, -0.2) is 4.98 Å². The number of aromatic nitrogens is 3. The number of carbonyl (C=O) groups is 2. The number of H-pyrrole nitrogens is 1. The molecule has 8 nitrogen and oxygen atoms in total. The highest BCUT2D eigenvalue weighted by Gasteiger charge is 2.10. The van der Waals surface area contributed by atoms with Gasteiger partial charge in [-0.1, -0.05) is 23.4 Å². The number of thioether (sulfide) groups is 1. The van der Waals surface area contributed by atoms with E-state index in [0.717, 1.165) is 5.56 Å². The lowest BCUT2D eigenvalue weighted by molar-refractivity contribution is -0.130. The second kappa shape index (κ2) is 9.44. The molecule has 26 heavy (non-hydrogen) atoms. The third-order valence-electron chi connectivity index (χ3n) is 3.28. The van der Waals surface area contributed by atoms with Crippen molar-refractivity contribution in [1.82, 2.24) is 25.4 Å². The summed E-state index contributed by atoms with van der Waals surface area (Å²) in [5.41, 5.74) is 0.928. The molecule has 0 aliphatic heterocycles. The number of aryl methyl sites for hydroxylation is 1. The Morgan fingerprint density at radius 3 is 2.85 bits per heavy atom. The molecule has 2 amide bonds. The van der Waals surface area contributed by atoms with E-state index in [0.29, 0.717) is 21.8 Å². The summed E-state index contributed by atoms with van der Waals surface area (Å²) in [6.45, 7) is 2.09. The summed E-state index contributed by atoms with van der Waals surface area (Å²) in [6.07, 6.45) is 0. The van der Waals surface area contributed by atoms with E-state index in [1.807, 2.05) is 13.0 Å². The second-order valence-electron chi connectivity index (χ2n) is 5.62. The second-order valence-corrected chi connectivity index (χ2v) is 6.97. The average molecular weight is 398 g/mol. The summed E-state index contributed by atoms with van der Waals surface area (Å²) in [5.74, 6) is 0.920. The Balaban J connectivity index is 1.76. The van der Waals surface area contributed by atoms with Crippen molar-refractivity contribution in [2.45, 2.75) is 18.7 Å². The highest BCUT2D eigenvalue weighted by molar-refractivity contribution is 7.99. The molecule has 2 N–H and O–H groups in total. The molecule has 0 saturated heterocycles. The highest BCUT2D eigenvalue weighted by atomic mass is 35.5. The molecule has 0 spiro atoms. The first kappa shape index (κ1) is 20.1. The monoisotopic (exact) mass is 397 g/mol. The lowest BCUT2D eigenvalue weighted by Crippen LogP contribution is -2.36. The fourth-order valence-electron chi connectivity index (χ4n) is 1.78. The standard InChI is InChI=1S/C16H20ClN5O3S/c1-10-6-11(4-5-12(10)17)25-8-13-19-16(21-20-13)26-9-14(23)18-7-15(24)22(2)3/h4-6H,7-9H2,1-3H3,(H,18,23)(H,19,20,21). The Hall–Kier alpha value is -2.26. The van der Waals surface area contributed by atoms with Gasteiger partial charge in [-0.2, -0.15) is 0 Å². The molecule has 2 rings (SSSR count). The van der Waals surface area contributed by atoms with Crippen LogP contribution < -0.4 is 10.1 Å². The number of benzene rings is 1. The van der Waals surface area contributed by atoms with E-state index in [1.54, 1.807) is 26.2 Å². The van der Waals surface area contributed by atoms with Crippen molar-refractivity contribution in [2.24, 2.45) is 0 Å². The number of nitrogens with one attached hydrogen (secondary N) is 2. The third kappa shape index (κ3) is 6.23. The number of likely N-dealkylation sites (N-methyl/N-ethyl adjacent to an activating group) is 1. The van der Waals surface area contributed by atoms with E-state index in [1.165, 1.54) is 16.7 Å². The van der Waals surface area contributed by atoms with Gasteiger partial charge in [0.2, 0.25) is 17.0 Å². The fraction of sp³-hybridized carbons (Fsp3) is 0.375. The lowest BCUT2D eigenvalue weighted by Gasteiger charge is -2.10. The van der Waals surface area contributed by atoms with Gasteiger partial charge in [0, 0.05) is 19.1 Å². The van der Waals surface area contributed by atoms with Crippen molar-refractivity contribution in [1.29, 1.82) is 0 Å². The minimum atomic E-state index is -0.260. The van der Waals surface area contributed by atoms with E-state index in [2.05, 4.69) is 20.5 Å². The van der Waals surface area contributed by atoms with E-state index >= 15 is 0 Å². The Bertz CT molecular complexity index is 781. The third-order valence-corrected chi connectivity index (χ3v) is 4.56. The van der Waals surface area contributed by atoms with Crippen LogP contribution in [0.5, 0.6) is 5.75 Å². The molecule has 140 valence electrons. The summed E-state index contributed by atoms with van der Waals surface area (Å²) in [5, 5.41) is 10.5. The molecule has 0 atom stereocenters. The Kier molecular flexibility index (Phi) is 7.28. The lowest BCUT2D eigenvalue weighted by atomic mass is 10.2. The van der Waals surface area contributed by atoms with Crippen LogP contribution in [0.3, 0.4) is 0 Å². The molecule has 1 heterocycles. The molecule has 0 fully saturated rings. The smallest absolute Gasteiger partial charge is 0.241 e. The van der Waals surface area contributed by atoms with Crippen molar-refractivity contribution < 1.29 is 14.3 Å². The van der Waals surface area contributed by atoms with Gasteiger partial charge in [0.15, 0.2) is 5.82 Å². The number of hydrogen-bond acceptors (Lipinski definition) is 6. The van der Waals surface area contributed by atoms with E-state index < -0.39 is 0 Å². The van der Waals surface area contributed by atoms with E-state index in [-0.39, 0.29) is 30.7 Å². The SMILES string of the molecule is Cc1cc(OCc2nc(SCC(=O)NCC(=O)N(C)C)n[nH]2)ccc1Cl. The van der Waals surface area contributed by atoms with Crippen LogP contribution in [0.25, 0.3) is 0 Å². The van der Waals surface area contributed by atoms with Crippen LogP contribution in [-0.4, -0.2) is 58.3 Å². The molecule has 1 aromatic heterocycles. The van der Waals surface area contributed by atoms with E-state index in [4.69, 9.17) is 16.3 Å². The summed E-state index contributed by atoms with van der Waals surface area (Å²) in [4.78, 5) is 28.8. The molecule has 0 bridgehead atoms. The quantitative estimate of drug-likeness (QED) is 0.657. The molecule has 0 radical (unpaired) electrons. The molecule has 0 aliphatic carbocycles. The number of nitrogens with zero attached hydrogens (tertiary/aromatic N) is 3. The molecule has 10 heteroatoms. The van der Waals surface area contributed by atoms with Crippen LogP contribution >= 0.6 is 23.4 Å². The molecular formula is C16H20ClN5O3S. The highest BCUT2D eigenvalue weighted by Crippen LogP contribution is 2.21. The van der Waals surface area contributed by atoms with Gasteiger partial charge in [0.25, 0.3) is 0 Å². The van der Waals surface area contributed by atoms with Crippen molar-refractivity contribution >= 4 is 35.2 Å².